The summed E-state index contributed by atoms with van der Waals surface area (Å²) in [5, 5.41) is 7.10. The minimum atomic E-state index is -4.45. The van der Waals surface area contributed by atoms with E-state index in [1.54, 1.807) is 12.1 Å². The molecule has 0 radical (unpaired) electrons. The number of nitrogens with zero attached hydrogens (tertiary/aromatic N) is 2. The van der Waals surface area contributed by atoms with Crippen molar-refractivity contribution >= 4 is 33.2 Å². The van der Waals surface area contributed by atoms with Gasteiger partial charge < -0.3 is 10.6 Å². The number of benzene rings is 1. The number of guanidine groups is 1. The molecule has 2 N–H and O–H groups in total. The van der Waals surface area contributed by atoms with Gasteiger partial charge in [-0.2, -0.15) is 13.2 Å². The highest BCUT2D eigenvalue weighted by Crippen LogP contribution is 2.29. The molecule has 0 amide bonds. The first-order chi connectivity index (χ1) is 11.8. The van der Waals surface area contributed by atoms with Gasteiger partial charge in [-0.3, -0.25) is 0 Å². The van der Waals surface area contributed by atoms with Crippen molar-refractivity contribution in [3.05, 3.63) is 50.1 Å². The van der Waals surface area contributed by atoms with E-state index in [1.165, 1.54) is 6.07 Å². The highest BCUT2D eigenvalue weighted by molar-refractivity contribution is 9.10. The van der Waals surface area contributed by atoms with Crippen molar-refractivity contribution in [3.63, 3.8) is 0 Å². The molecule has 1 aromatic heterocycles. The lowest BCUT2D eigenvalue weighted by atomic mass is 10.2. The molecule has 25 heavy (non-hydrogen) atoms. The predicted molar refractivity (Wildman–Crippen MR) is 92.9 cm³/mol. The summed E-state index contributed by atoms with van der Waals surface area (Å²) in [5.74, 6) is -0.0164. The average Bonchev–Trinajstić information content (AvgIpc) is 3.00. The van der Waals surface area contributed by atoms with Crippen LogP contribution in [-0.2, 0) is 19.3 Å². The molecule has 0 aliphatic carbocycles. The second-order valence-corrected chi connectivity index (χ2v) is 6.77. The molecule has 0 saturated carbocycles. The van der Waals surface area contributed by atoms with Gasteiger partial charge in [0.15, 0.2) is 11.7 Å². The summed E-state index contributed by atoms with van der Waals surface area (Å²) in [7, 11) is 0. The maximum atomic E-state index is 13.8. The Balaban J connectivity index is 2.01. The van der Waals surface area contributed by atoms with Crippen LogP contribution in [0.2, 0.25) is 0 Å². The van der Waals surface area contributed by atoms with Gasteiger partial charge in [-0.1, -0.05) is 22.0 Å². The van der Waals surface area contributed by atoms with Gasteiger partial charge in [0.05, 0.1) is 13.1 Å². The maximum absolute atomic E-state index is 13.8. The van der Waals surface area contributed by atoms with Crippen LogP contribution < -0.4 is 10.6 Å². The van der Waals surface area contributed by atoms with Gasteiger partial charge in [0, 0.05) is 22.0 Å². The van der Waals surface area contributed by atoms with E-state index >= 15 is 0 Å². The molecule has 1 aromatic carbocycles. The van der Waals surface area contributed by atoms with Gasteiger partial charge in [0.1, 0.15) is 10.8 Å². The van der Waals surface area contributed by atoms with E-state index in [0.29, 0.717) is 22.5 Å². The molecule has 4 nitrogen and oxygen atoms in total. The summed E-state index contributed by atoms with van der Waals surface area (Å²) in [4.78, 5) is 7.78. The second-order valence-electron chi connectivity index (χ2n) is 4.91. The van der Waals surface area contributed by atoms with Crippen molar-refractivity contribution in [2.45, 2.75) is 26.2 Å². The number of aliphatic imine (C=N–C) groups is 1. The van der Waals surface area contributed by atoms with Gasteiger partial charge in [-0.25, -0.2) is 14.4 Å². The van der Waals surface area contributed by atoms with Crippen molar-refractivity contribution in [3.8, 4) is 0 Å². The Morgan fingerprint density at radius 3 is 2.68 bits per heavy atom. The summed E-state index contributed by atoms with van der Waals surface area (Å²) in [6.45, 7) is 2.60. The SMILES string of the molecule is CCNC(=NCc1ccc(Br)cc1F)NCc1nc(C(F)(F)F)cs1. The summed E-state index contributed by atoms with van der Waals surface area (Å²) < 4.78 is 52.1. The number of thiazole rings is 1. The van der Waals surface area contributed by atoms with Gasteiger partial charge in [0.25, 0.3) is 0 Å². The molecule has 0 saturated heterocycles. The van der Waals surface area contributed by atoms with Gasteiger partial charge in [-0.15, -0.1) is 11.3 Å². The lowest BCUT2D eigenvalue weighted by Crippen LogP contribution is -2.36. The van der Waals surface area contributed by atoms with E-state index in [1.807, 2.05) is 6.92 Å². The first kappa shape index (κ1) is 19.6. The molecule has 0 aliphatic rings. The number of hydrogen-bond acceptors (Lipinski definition) is 3. The molecule has 2 aromatic rings. The van der Waals surface area contributed by atoms with Gasteiger partial charge >= 0.3 is 6.18 Å². The molecule has 0 aliphatic heterocycles. The van der Waals surface area contributed by atoms with Crippen LogP contribution in [0.25, 0.3) is 0 Å². The van der Waals surface area contributed by atoms with E-state index in [-0.39, 0.29) is 23.9 Å². The molecule has 0 unspecified atom stereocenters. The normalized spacial score (nSPS) is 12.3. The fourth-order valence-electron chi connectivity index (χ4n) is 1.84. The number of halogens is 5. The number of hydrogen-bond donors (Lipinski definition) is 2. The number of nitrogens with one attached hydrogen (secondary N) is 2. The number of alkyl halides is 3. The van der Waals surface area contributed by atoms with E-state index in [9.17, 15) is 17.6 Å². The summed E-state index contributed by atoms with van der Waals surface area (Å²) >= 11 is 4.09. The van der Waals surface area contributed by atoms with Gasteiger partial charge in [0.2, 0.25) is 0 Å². The van der Waals surface area contributed by atoms with Crippen LogP contribution >= 0.6 is 27.3 Å². The molecular weight excluding hydrogens is 424 g/mol. The third-order valence-electron chi connectivity index (χ3n) is 3.02. The highest BCUT2D eigenvalue weighted by Gasteiger charge is 2.33. The monoisotopic (exact) mass is 438 g/mol. The number of aromatic nitrogens is 1. The maximum Gasteiger partial charge on any atom is 0.434 e. The Morgan fingerprint density at radius 2 is 2.08 bits per heavy atom. The fraction of sp³-hybridized carbons (Fsp3) is 0.333. The molecule has 0 atom stereocenters. The predicted octanol–water partition coefficient (Wildman–Crippen LogP) is 4.32. The molecule has 1 heterocycles. The van der Waals surface area contributed by atoms with E-state index in [0.717, 1.165) is 16.7 Å². The summed E-state index contributed by atoms with van der Waals surface area (Å²) in [6, 6.07) is 4.67. The third kappa shape index (κ3) is 5.96. The van der Waals surface area contributed by atoms with Crippen LogP contribution in [0, 0.1) is 5.82 Å². The largest absolute Gasteiger partial charge is 0.434 e. The molecule has 0 bridgehead atoms. The molecular formula is C15H15BrF4N4S. The van der Waals surface area contributed by atoms with Crippen molar-refractivity contribution in [2.24, 2.45) is 4.99 Å². The Kier molecular flexibility index (Phi) is 6.77. The lowest BCUT2D eigenvalue weighted by molar-refractivity contribution is -0.140. The molecule has 2 rings (SSSR count). The summed E-state index contributed by atoms with van der Waals surface area (Å²) in [5.41, 5.74) is -0.498. The lowest BCUT2D eigenvalue weighted by Gasteiger charge is -2.10. The van der Waals surface area contributed by atoms with Crippen LogP contribution in [0.15, 0.2) is 33.0 Å². The number of rotatable bonds is 5. The van der Waals surface area contributed by atoms with Crippen LogP contribution in [0.1, 0.15) is 23.2 Å². The zero-order chi connectivity index (χ0) is 18.4. The quantitative estimate of drug-likeness (QED) is 0.415. The van der Waals surface area contributed by atoms with E-state index in [2.05, 4.69) is 36.5 Å². The van der Waals surface area contributed by atoms with Gasteiger partial charge in [-0.05, 0) is 19.1 Å². The zero-order valence-electron chi connectivity index (χ0n) is 13.1. The summed E-state index contributed by atoms with van der Waals surface area (Å²) in [6.07, 6.45) is -4.45. The topological polar surface area (TPSA) is 49.3 Å². The van der Waals surface area contributed by atoms with Crippen LogP contribution in [0.3, 0.4) is 0 Å². The Hall–Kier alpha value is -1.68. The Labute approximate surface area is 154 Å². The van der Waals surface area contributed by atoms with Crippen molar-refractivity contribution in [1.82, 2.24) is 15.6 Å². The van der Waals surface area contributed by atoms with Crippen LogP contribution in [0.4, 0.5) is 17.6 Å². The first-order valence-electron chi connectivity index (χ1n) is 7.27. The molecule has 136 valence electrons. The minimum Gasteiger partial charge on any atom is -0.357 e. The Bertz CT molecular complexity index is 745. The van der Waals surface area contributed by atoms with Crippen molar-refractivity contribution in [2.75, 3.05) is 6.54 Å². The van der Waals surface area contributed by atoms with Crippen molar-refractivity contribution in [1.29, 1.82) is 0 Å². The smallest absolute Gasteiger partial charge is 0.357 e. The van der Waals surface area contributed by atoms with E-state index in [4.69, 9.17) is 0 Å². The minimum absolute atomic E-state index is 0.0927. The standard InChI is InChI=1S/C15H15BrF4N4S/c1-2-21-14(22-6-9-3-4-10(16)5-11(9)17)23-7-13-24-12(8-25-13)15(18,19)20/h3-5,8H,2,6-7H2,1H3,(H2,21,22,23). The van der Waals surface area contributed by atoms with Crippen LogP contribution in [-0.4, -0.2) is 17.5 Å². The molecule has 0 spiro atoms. The average molecular weight is 439 g/mol. The highest BCUT2D eigenvalue weighted by atomic mass is 79.9. The van der Waals surface area contributed by atoms with Crippen LogP contribution in [0.5, 0.6) is 0 Å². The second kappa shape index (κ2) is 8.61. The first-order valence-corrected chi connectivity index (χ1v) is 8.94. The molecule has 0 fully saturated rings. The third-order valence-corrected chi connectivity index (χ3v) is 4.36. The molecule has 10 heteroatoms. The Morgan fingerprint density at radius 1 is 1.32 bits per heavy atom. The van der Waals surface area contributed by atoms with E-state index < -0.39 is 11.9 Å². The van der Waals surface area contributed by atoms with Crippen molar-refractivity contribution < 1.29 is 17.6 Å². The fourth-order valence-corrected chi connectivity index (χ4v) is 2.91. The zero-order valence-corrected chi connectivity index (χ0v) is 15.5.